The fraction of sp³-hybridized carbons (Fsp3) is 0.333. The molecule has 144 valence electrons. The normalized spacial score (nSPS) is 17.0. The number of aromatic nitrogens is 1. The third-order valence-corrected chi connectivity index (χ3v) is 6.13. The molecule has 6 nitrogen and oxygen atoms in total. The van der Waals surface area contributed by atoms with Crippen LogP contribution < -0.4 is 10.2 Å². The number of carbonyl (C=O) groups excluding carboxylic acids is 1. The van der Waals surface area contributed by atoms with Crippen molar-refractivity contribution in [2.24, 2.45) is 4.99 Å². The Labute approximate surface area is 169 Å². The summed E-state index contributed by atoms with van der Waals surface area (Å²) in [7, 11) is 0. The molecule has 0 unspecified atom stereocenters. The summed E-state index contributed by atoms with van der Waals surface area (Å²) in [6.45, 7) is 8.55. The Morgan fingerprint density at radius 1 is 1.43 bits per heavy atom. The molecule has 0 radical (unpaired) electrons. The maximum atomic E-state index is 12.8. The second-order valence-corrected chi connectivity index (χ2v) is 7.70. The van der Waals surface area contributed by atoms with Crippen LogP contribution in [0.1, 0.15) is 37.1 Å². The highest BCUT2D eigenvalue weighted by molar-refractivity contribution is 7.17. The molecule has 2 aromatic rings. The van der Waals surface area contributed by atoms with Crippen LogP contribution in [0.5, 0.6) is 0 Å². The molecule has 0 saturated carbocycles. The number of amides is 1. The first kappa shape index (κ1) is 19.8. The van der Waals surface area contributed by atoms with Crippen molar-refractivity contribution in [2.75, 3.05) is 11.4 Å². The Morgan fingerprint density at radius 3 is 2.86 bits per heavy atom. The van der Waals surface area contributed by atoms with E-state index in [1.165, 1.54) is 11.3 Å². The summed E-state index contributed by atoms with van der Waals surface area (Å²) in [4.78, 5) is 24.3. The Bertz CT molecular complexity index is 941. The highest BCUT2D eigenvalue weighted by Crippen LogP contribution is 2.39. The molecule has 0 spiro atoms. The van der Waals surface area contributed by atoms with Crippen LogP contribution in [0.15, 0.2) is 40.9 Å². The first-order valence-corrected chi connectivity index (χ1v) is 10.0. The summed E-state index contributed by atoms with van der Waals surface area (Å²) in [5.41, 5.74) is 2.54. The van der Waals surface area contributed by atoms with Gasteiger partial charge in [-0.2, -0.15) is 10.2 Å². The van der Waals surface area contributed by atoms with Crippen molar-refractivity contribution in [2.45, 2.75) is 39.3 Å². The van der Waals surface area contributed by atoms with Crippen molar-refractivity contribution in [3.63, 3.8) is 0 Å². The Kier molecular flexibility index (Phi) is 6.22. The van der Waals surface area contributed by atoms with Crippen LogP contribution in [0, 0.1) is 11.3 Å². The number of hydrogen-bond donors (Lipinski definition) is 1. The van der Waals surface area contributed by atoms with E-state index in [1.54, 1.807) is 6.92 Å². The number of aliphatic imine (C=N–C) groups is 1. The van der Waals surface area contributed by atoms with Crippen molar-refractivity contribution in [1.82, 2.24) is 10.3 Å². The molecule has 1 aromatic carbocycles. The molecule has 1 saturated heterocycles. The van der Waals surface area contributed by atoms with Gasteiger partial charge in [0.1, 0.15) is 6.04 Å². The van der Waals surface area contributed by atoms with Crippen molar-refractivity contribution in [1.29, 1.82) is 5.26 Å². The standard InChI is InChI=1S/C21H23N5OS/c1-14(12-22)15(2)18-19(23-3)25-21(28-18)26-11-7-10-17(26)20(27)24-13-16-8-5-4-6-9-16/h4-6,8-9,17H,3,7,10-11,13H2,1-2H3,(H,24,27)/b15-14+/t17-/m1/s1. The van der Waals surface area contributed by atoms with Crippen molar-refractivity contribution in [3.8, 4) is 6.07 Å². The lowest BCUT2D eigenvalue weighted by molar-refractivity contribution is -0.122. The van der Waals surface area contributed by atoms with Crippen LogP contribution in [0.25, 0.3) is 5.57 Å². The number of nitrogens with zero attached hydrogens (tertiary/aromatic N) is 4. The van der Waals surface area contributed by atoms with Gasteiger partial charge < -0.3 is 10.2 Å². The van der Waals surface area contributed by atoms with E-state index < -0.39 is 0 Å². The van der Waals surface area contributed by atoms with Crippen LogP contribution in [0.4, 0.5) is 10.9 Å². The van der Waals surface area contributed by atoms with Crippen LogP contribution >= 0.6 is 11.3 Å². The number of anilines is 1. The molecule has 1 fully saturated rings. The number of benzene rings is 1. The van der Waals surface area contributed by atoms with Crippen molar-refractivity contribution >= 4 is 40.5 Å². The number of nitriles is 1. The smallest absolute Gasteiger partial charge is 0.243 e. The molecular weight excluding hydrogens is 370 g/mol. The fourth-order valence-electron chi connectivity index (χ4n) is 3.20. The van der Waals surface area contributed by atoms with Crippen LogP contribution in [-0.2, 0) is 11.3 Å². The third kappa shape index (κ3) is 4.12. The number of rotatable bonds is 6. The van der Waals surface area contributed by atoms with Gasteiger partial charge in [-0.1, -0.05) is 41.7 Å². The van der Waals surface area contributed by atoms with Crippen LogP contribution in [0.2, 0.25) is 0 Å². The minimum absolute atomic E-state index is 0.00619. The molecule has 1 N–H and O–H groups in total. The van der Waals surface area contributed by atoms with Gasteiger partial charge >= 0.3 is 0 Å². The molecule has 1 aromatic heterocycles. The van der Waals surface area contributed by atoms with E-state index in [1.807, 2.05) is 42.2 Å². The Balaban J connectivity index is 1.79. The number of nitrogens with one attached hydrogen (secondary N) is 1. The second-order valence-electron chi connectivity index (χ2n) is 6.72. The van der Waals surface area contributed by atoms with Crippen LogP contribution in [0.3, 0.4) is 0 Å². The molecule has 2 heterocycles. The lowest BCUT2D eigenvalue weighted by Gasteiger charge is -2.23. The first-order valence-electron chi connectivity index (χ1n) is 9.19. The second kappa shape index (κ2) is 8.81. The van der Waals surface area contributed by atoms with Crippen molar-refractivity contribution in [3.05, 3.63) is 46.3 Å². The topological polar surface area (TPSA) is 81.4 Å². The van der Waals surface area contributed by atoms with Gasteiger partial charge in [0.25, 0.3) is 0 Å². The quantitative estimate of drug-likeness (QED) is 0.592. The molecule has 0 bridgehead atoms. The van der Waals surface area contributed by atoms with Gasteiger partial charge in [-0.3, -0.25) is 4.79 Å². The van der Waals surface area contributed by atoms with Gasteiger partial charge in [-0.15, -0.1) is 0 Å². The summed E-state index contributed by atoms with van der Waals surface area (Å²) >= 11 is 1.46. The number of hydrogen-bond acceptors (Lipinski definition) is 6. The highest BCUT2D eigenvalue weighted by Gasteiger charge is 2.33. The van der Waals surface area contributed by atoms with E-state index in [0.29, 0.717) is 17.9 Å². The van der Waals surface area contributed by atoms with E-state index in [4.69, 9.17) is 0 Å². The zero-order chi connectivity index (χ0) is 20.1. The first-order chi connectivity index (χ1) is 13.5. The zero-order valence-electron chi connectivity index (χ0n) is 16.1. The number of thiazole rings is 1. The van der Waals surface area contributed by atoms with E-state index in [0.717, 1.165) is 40.5 Å². The molecular formula is C21H23N5OS. The zero-order valence-corrected chi connectivity index (χ0v) is 16.9. The van der Waals surface area contributed by atoms with Crippen LogP contribution in [-0.4, -0.2) is 30.2 Å². The summed E-state index contributed by atoms with van der Waals surface area (Å²) in [5, 5.41) is 13.0. The molecule has 1 amide bonds. The van der Waals surface area contributed by atoms with Gasteiger partial charge in [0.2, 0.25) is 5.91 Å². The number of carbonyl (C=O) groups is 1. The monoisotopic (exact) mass is 393 g/mol. The van der Waals surface area contributed by atoms with Gasteiger partial charge in [-0.05, 0) is 44.5 Å². The SMILES string of the molecule is C=Nc1nc(N2CCC[C@@H]2C(=O)NCc2ccccc2)sc1/C(C)=C(\C)C#N. The largest absolute Gasteiger partial charge is 0.350 e. The van der Waals surface area contributed by atoms with Gasteiger partial charge in [-0.25, -0.2) is 4.99 Å². The molecule has 1 aliphatic heterocycles. The van der Waals surface area contributed by atoms with E-state index in [-0.39, 0.29) is 11.9 Å². The average molecular weight is 394 g/mol. The van der Waals surface area contributed by atoms with E-state index in [9.17, 15) is 10.1 Å². The fourth-order valence-corrected chi connectivity index (χ4v) is 4.36. The summed E-state index contributed by atoms with van der Waals surface area (Å²) < 4.78 is 0. The molecule has 28 heavy (non-hydrogen) atoms. The lowest BCUT2D eigenvalue weighted by atomic mass is 10.1. The maximum absolute atomic E-state index is 12.8. The van der Waals surface area contributed by atoms with Gasteiger partial charge in [0.05, 0.1) is 10.9 Å². The Hall–Kier alpha value is -2.98. The predicted octanol–water partition coefficient (Wildman–Crippen LogP) is 4.08. The molecule has 1 aliphatic rings. The molecule has 3 rings (SSSR count). The molecule has 7 heteroatoms. The average Bonchev–Trinajstić information content (AvgIpc) is 3.38. The summed E-state index contributed by atoms with van der Waals surface area (Å²) in [5.74, 6) is 0.522. The van der Waals surface area contributed by atoms with Crippen molar-refractivity contribution < 1.29 is 4.79 Å². The third-order valence-electron chi connectivity index (χ3n) is 4.93. The minimum Gasteiger partial charge on any atom is -0.350 e. The highest BCUT2D eigenvalue weighted by atomic mass is 32.1. The maximum Gasteiger partial charge on any atom is 0.243 e. The number of allylic oxidation sites excluding steroid dienone is 2. The Morgan fingerprint density at radius 2 is 2.18 bits per heavy atom. The van der Waals surface area contributed by atoms with E-state index >= 15 is 0 Å². The van der Waals surface area contributed by atoms with Gasteiger partial charge in [0, 0.05) is 18.7 Å². The summed E-state index contributed by atoms with van der Waals surface area (Å²) in [6, 6.07) is 11.8. The molecule has 1 atom stereocenters. The molecule has 0 aliphatic carbocycles. The minimum atomic E-state index is -0.248. The summed E-state index contributed by atoms with van der Waals surface area (Å²) in [6.07, 6.45) is 1.72. The predicted molar refractivity (Wildman–Crippen MR) is 114 cm³/mol. The lowest BCUT2D eigenvalue weighted by Crippen LogP contribution is -2.43. The van der Waals surface area contributed by atoms with E-state index in [2.05, 4.69) is 28.1 Å². The van der Waals surface area contributed by atoms with Gasteiger partial charge in [0.15, 0.2) is 10.9 Å².